The van der Waals surface area contributed by atoms with Gasteiger partial charge < -0.3 is 15.0 Å². The van der Waals surface area contributed by atoms with Crippen molar-refractivity contribution in [1.29, 1.82) is 0 Å². The highest BCUT2D eigenvalue weighted by Crippen LogP contribution is 2.25. The summed E-state index contributed by atoms with van der Waals surface area (Å²) in [6.07, 6.45) is 0.152. The van der Waals surface area contributed by atoms with E-state index in [2.05, 4.69) is 39.4 Å². The maximum atomic E-state index is 11.0. The van der Waals surface area contributed by atoms with Crippen molar-refractivity contribution in [2.75, 3.05) is 32.8 Å². The first-order valence-corrected chi connectivity index (χ1v) is 10.8. The van der Waals surface area contributed by atoms with E-state index in [0.29, 0.717) is 12.6 Å². The van der Waals surface area contributed by atoms with Crippen LogP contribution >= 0.6 is 0 Å². The number of likely N-dealkylation sites (tertiary alicyclic amines) is 1. The zero-order valence-corrected chi connectivity index (χ0v) is 17.8. The Labute approximate surface area is 182 Å². The third-order valence-corrected chi connectivity index (χ3v) is 5.81. The molecule has 4 rings (SSSR count). The lowest BCUT2D eigenvalue weighted by atomic mass is 10.1. The van der Waals surface area contributed by atoms with Gasteiger partial charge in [0.25, 0.3) is 5.69 Å². The minimum Gasteiger partial charge on any atom is -0.373 e. The van der Waals surface area contributed by atoms with Crippen LogP contribution in [0.5, 0.6) is 0 Å². The number of rotatable bonds is 6. The summed E-state index contributed by atoms with van der Waals surface area (Å²) in [7, 11) is 0. The van der Waals surface area contributed by atoms with Gasteiger partial charge in [-0.1, -0.05) is 42.5 Å². The summed E-state index contributed by atoms with van der Waals surface area (Å²) < 4.78 is 6.09. The van der Waals surface area contributed by atoms with Gasteiger partial charge in [0, 0.05) is 44.9 Å². The van der Waals surface area contributed by atoms with Gasteiger partial charge >= 0.3 is 0 Å². The topological polar surface area (TPSA) is 83.2 Å². The number of aliphatic imine (C=N–C) groups is 1. The average molecular weight is 424 g/mol. The van der Waals surface area contributed by atoms with Crippen molar-refractivity contribution in [2.45, 2.75) is 32.2 Å². The van der Waals surface area contributed by atoms with Crippen LogP contribution in [0.1, 0.15) is 18.1 Å². The van der Waals surface area contributed by atoms with Gasteiger partial charge in [-0.3, -0.25) is 15.0 Å². The highest BCUT2D eigenvalue weighted by molar-refractivity contribution is 5.80. The smallest absolute Gasteiger partial charge is 0.269 e. The van der Waals surface area contributed by atoms with E-state index in [4.69, 9.17) is 9.73 Å². The van der Waals surface area contributed by atoms with Crippen molar-refractivity contribution in [1.82, 2.24) is 15.1 Å². The maximum absolute atomic E-state index is 11.0. The van der Waals surface area contributed by atoms with E-state index in [-0.39, 0.29) is 16.7 Å². The van der Waals surface area contributed by atoms with Gasteiger partial charge in [0.1, 0.15) is 0 Å². The van der Waals surface area contributed by atoms with Crippen molar-refractivity contribution in [3.05, 3.63) is 75.8 Å². The number of nitrogens with zero attached hydrogens (tertiary/aromatic N) is 4. The van der Waals surface area contributed by atoms with E-state index < -0.39 is 0 Å². The lowest BCUT2D eigenvalue weighted by Gasteiger charge is -2.36. The SMILES string of the molecule is CCNC(=NCc1cccc([N+](=O)[O-])c1)N1CC2OCCN(Cc3ccccc3)C2C1. The second-order valence-corrected chi connectivity index (χ2v) is 7.93. The molecule has 164 valence electrons. The maximum Gasteiger partial charge on any atom is 0.269 e. The molecule has 0 bridgehead atoms. The van der Waals surface area contributed by atoms with Gasteiger partial charge in [-0.05, 0) is 18.1 Å². The molecule has 31 heavy (non-hydrogen) atoms. The first-order valence-electron chi connectivity index (χ1n) is 10.8. The molecule has 2 atom stereocenters. The lowest BCUT2D eigenvalue weighted by molar-refractivity contribution is -0.384. The van der Waals surface area contributed by atoms with Crippen LogP contribution in [0.2, 0.25) is 0 Å². The number of non-ortho nitro benzene ring substituents is 1. The Morgan fingerprint density at radius 2 is 2.00 bits per heavy atom. The van der Waals surface area contributed by atoms with Gasteiger partial charge in [-0.25, -0.2) is 4.99 Å². The number of fused-ring (bicyclic) bond motifs is 1. The third-order valence-electron chi connectivity index (χ3n) is 5.81. The van der Waals surface area contributed by atoms with Crippen LogP contribution in [0.3, 0.4) is 0 Å². The quantitative estimate of drug-likeness (QED) is 0.333. The van der Waals surface area contributed by atoms with Gasteiger partial charge in [0.15, 0.2) is 5.96 Å². The Morgan fingerprint density at radius 3 is 2.77 bits per heavy atom. The van der Waals surface area contributed by atoms with E-state index >= 15 is 0 Å². The molecule has 2 saturated heterocycles. The molecule has 2 aliphatic rings. The molecule has 0 radical (unpaired) electrons. The highest BCUT2D eigenvalue weighted by Gasteiger charge is 2.41. The molecule has 2 aromatic carbocycles. The fraction of sp³-hybridized carbons (Fsp3) is 0.435. The van der Waals surface area contributed by atoms with Gasteiger partial charge in [-0.2, -0.15) is 0 Å². The minimum absolute atomic E-state index is 0.0925. The van der Waals surface area contributed by atoms with E-state index in [9.17, 15) is 10.1 Å². The standard InChI is InChI=1S/C23H29N5O3/c1-2-24-23(25-14-19-9-6-10-20(13-19)28(29)30)27-16-21-22(17-27)31-12-11-26(21)15-18-7-4-3-5-8-18/h3-10,13,21-22H,2,11-12,14-17H2,1H3,(H,24,25). The first-order chi connectivity index (χ1) is 15.1. The van der Waals surface area contributed by atoms with Crippen molar-refractivity contribution in [2.24, 2.45) is 4.99 Å². The second kappa shape index (κ2) is 9.89. The molecule has 0 spiro atoms. The fourth-order valence-electron chi connectivity index (χ4n) is 4.31. The minimum atomic E-state index is -0.373. The van der Waals surface area contributed by atoms with Crippen LogP contribution in [-0.4, -0.2) is 65.6 Å². The molecule has 2 aromatic rings. The molecule has 8 heteroatoms. The summed E-state index contributed by atoms with van der Waals surface area (Å²) in [5.74, 6) is 0.826. The fourth-order valence-corrected chi connectivity index (χ4v) is 4.31. The summed E-state index contributed by atoms with van der Waals surface area (Å²) in [6.45, 7) is 7.41. The molecule has 2 aliphatic heterocycles. The van der Waals surface area contributed by atoms with E-state index in [1.165, 1.54) is 11.6 Å². The van der Waals surface area contributed by atoms with E-state index in [1.54, 1.807) is 12.1 Å². The molecule has 2 unspecified atom stereocenters. The molecular weight excluding hydrogens is 394 g/mol. The molecular formula is C23H29N5O3. The first kappa shape index (κ1) is 21.3. The Balaban J connectivity index is 1.46. The number of hydrogen-bond acceptors (Lipinski definition) is 5. The molecule has 0 saturated carbocycles. The van der Waals surface area contributed by atoms with Crippen molar-refractivity contribution in [3.63, 3.8) is 0 Å². The van der Waals surface area contributed by atoms with Crippen LogP contribution in [-0.2, 0) is 17.8 Å². The van der Waals surface area contributed by atoms with Crippen molar-refractivity contribution >= 4 is 11.6 Å². The Kier molecular flexibility index (Phi) is 6.79. The zero-order valence-electron chi connectivity index (χ0n) is 17.8. The zero-order chi connectivity index (χ0) is 21.6. The van der Waals surface area contributed by atoms with Gasteiger partial charge in [-0.15, -0.1) is 0 Å². The number of nitro groups is 1. The summed E-state index contributed by atoms with van der Waals surface area (Å²) in [6, 6.07) is 17.5. The van der Waals surface area contributed by atoms with Crippen molar-refractivity contribution in [3.8, 4) is 0 Å². The van der Waals surface area contributed by atoms with Crippen LogP contribution in [0, 0.1) is 10.1 Å². The second-order valence-electron chi connectivity index (χ2n) is 7.93. The monoisotopic (exact) mass is 423 g/mol. The number of guanidine groups is 1. The van der Waals surface area contributed by atoms with E-state index in [0.717, 1.165) is 50.9 Å². The average Bonchev–Trinajstić information content (AvgIpc) is 3.23. The summed E-state index contributed by atoms with van der Waals surface area (Å²) in [5.41, 5.74) is 2.23. The number of hydrogen-bond donors (Lipinski definition) is 1. The number of morpholine rings is 1. The summed E-state index contributed by atoms with van der Waals surface area (Å²) >= 11 is 0. The van der Waals surface area contributed by atoms with Gasteiger partial charge in [0.2, 0.25) is 0 Å². The highest BCUT2D eigenvalue weighted by atomic mass is 16.6. The normalized spacial score (nSPS) is 21.7. The molecule has 0 amide bonds. The summed E-state index contributed by atoms with van der Waals surface area (Å²) in [4.78, 5) is 20.2. The number of ether oxygens (including phenoxy) is 1. The predicted molar refractivity (Wildman–Crippen MR) is 120 cm³/mol. The number of nitrogens with one attached hydrogen (secondary N) is 1. The van der Waals surface area contributed by atoms with E-state index in [1.807, 2.05) is 19.1 Å². The molecule has 2 heterocycles. The number of nitro benzene ring substituents is 1. The van der Waals surface area contributed by atoms with Crippen LogP contribution in [0.25, 0.3) is 0 Å². The number of benzene rings is 2. The lowest BCUT2D eigenvalue weighted by Crippen LogP contribution is -2.50. The molecule has 1 N–H and O–H groups in total. The molecule has 0 aliphatic carbocycles. The Morgan fingerprint density at radius 1 is 1.19 bits per heavy atom. The summed E-state index contributed by atoms with van der Waals surface area (Å²) in [5, 5.41) is 14.4. The Hall–Kier alpha value is -2.97. The van der Waals surface area contributed by atoms with Crippen LogP contribution in [0.4, 0.5) is 5.69 Å². The van der Waals surface area contributed by atoms with Crippen LogP contribution < -0.4 is 5.32 Å². The Bertz CT molecular complexity index is 920. The largest absolute Gasteiger partial charge is 0.373 e. The predicted octanol–water partition coefficient (Wildman–Crippen LogP) is 2.65. The molecule has 2 fully saturated rings. The van der Waals surface area contributed by atoms with Gasteiger partial charge in [0.05, 0.1) is 30.2 Å². The van der Waals surface area contributed by atoms with Crippen LogP contribution in [0.15, 0.2) is 59.6 Å². The van der Waals surface area contributed by atoms with Crippen molar-refractivity contribution < 1.29 is 9.66 Å². The molecule has 0 aromatic heterocycles. The third kappa shape index (κ3) is 5.21. The molecule has 8 nitrogen and oxygen atoms in total.